The van der Waals surface area contributed by atoms with Crippen LogP contribution in [0, 0.1) is 6.92 Å². The first kappa shape index (κ1) is 18.4. The highest BCUT2D eigenvalue weighted by Gasteiger charge is 2.48. The molecule has 4 rings (SSSR count). The third-order valence-electron chi connectivity index (χ3n) is 5.05. The Labute approximate surface area is 165 Å². The number of nitrogens with one attached hydrogen (secondary N) is 2. The van der Waals surface area contributed by atoms with Gasteiger partial charge in [0.1, 0.15) is 17.9 Å². The van der Waals surface area contributed by atoms with Gasteiger partial charge in [-0.15, -0.1) is 11.3 Å². The number of nitrogens with zero attached hydrogens (tertiary/aromatic N) is 2. The third-order valence-corrected chi connectivity index (χ3v) is 5.88. The molecule has 8 nitrogen and oxygen atoms in total. The van der Waals surface area contributed by atoms with E-state index in [4.69, 9.17) is 4.74 Å². The van der Waals surface area contributed by atoms with Crippen molar-refractivity contribution in [3.05, 3.63) is 45.9 Å². The summed E-state index contributed by atoms with van der Waals surface area (Å²) in [7, 11) is 0. The molecule has 0 atom stereocenters. The lowest BCUT2D eigenvalue weighted by Crippen LogP contribution is -2.55. The Hall–Kier alpha value is -2.94. The van der Waals surface area contributed by atoms with Gasteiger partial charge in [-0.2, -0.15) is 0 Å². The zero-order valence-corrected chi connectivity index (χ0v) is 16.2. The first-order chi connectivity index (χ1) is 13.4. The summed E-state index contributed by atoms with van der Waals surface area (Å²) in [6.45, 7) is 3.09. The van der Waals surface area contributed by atoms with E-state index in [9.17, 15) is 14.4 Å². The summed E-state index contributed by atoms with van der Waals surface area (Å²) in [5.41, 5.74) is 0.505. The van der Waals surface area contributed by atoms with Crippen LogP contribution >= 0.6 is 11.3 Å². The van der Waals surface area contributed by atoms with Gasteiger partial charge in [-0.3, -0.25) is 14.9 Å². The number of thiazole rings is 1. The minimum absolute atomic E-state index is 0.116. The average Bonchev–Trinajstić information content (AvgIpc) is 3.23. The van der Waals surface area contributed by atoms with Crippen molar-refractivity contribution in [3.8, 4) is 5.75 Å². The van der Waals surface area contributed by atoms with Crippen LogP contribution in [0.25, 0.3) is 0 Å². The van der Waals surface area contributed by atoms with Crippen molar-refractivity contribution in [1.82, 2.24) is 20.5 Å². The molecule has 2 fully saturated rings. The maximum Gasteiger partial charge on any atom is 0.322 e. The fraction of sp³-hybridized carbons (Fsp3) is 0.368. The zero-order chi connectivity index (χ0) is 19.7. The molecule has 0 unspecified atom stereocenters. The van der Waals surface area contributed by atoms with Gasteiger partial charge in [-0.25, -0.2) is 9.78 Å². The third kappa shape index (κ3) is 3.57. The molecule has 2 saturated heterocycles. The number of rotatable bonds is 4. The molecule has 0 aliphatic carbocycles. The first-order valence-corrected chi connectivity index (χ1v) is 9.90. The number of imide groups is 1. The molecule has 1 aromatic heterocycles. The maximum atomic E-state index is 12.9. The van der Waals surface area contributed by atoms with E-state index in [-0.39, 0.29) is 11.8 Å². The van der Waals surface area contributed by atoms with Crippen LogP contribution in [0.15, 0.2) is 29.6 Å². The van der Waals surface area contributed by atoms with E-state index in [2.05, 4.69) is 15.6 Å². The summed E-state index contributed by atoms with van der Waals surface area (Å²) in [6, 6.07) is 6.59. The number of amides is 4. The summed E-state index contributed by atoms with van der Waals surface area (Å²) in [5.74, 6) is 0.180. The Morgan fingerprint density at radius 3 is 2.75 bits per heavy atom. The van der Waals surface area contributed by atoms with Crippen LogP contribution in [0.2, 0.25) is 0 Å². The fourth-order valence-corrected chi connectivity index (χ4v) is 4.10. The maximum absolute atomic E-state index is 12.9. The molecule has 2 aliphatic heterocycles. The quantitative estimate of drug-likeness (QED) is 0.763. The van der Waals surface area contributed by atoms with E-state index >= 15 is 0 Å². The number of hydrogen-bond donors (Lipinski definition) is 2. The van der Waals surface area contributed by atoms with E-state index < -0.39 is 11.6 Å². The van der Waals surface area contributed by atoms with Crippen LogP contribution in [-0.4, -0.2) is 46.4 Å². The number of carbonyl (C=O) groups is 3. The SMILES string of the molecule is Cc1nc(COc2cccc(C(=O)N3CCC4(CC3)NC(=O)NC4=O)c2)cs1. The molecule has 2 aromatic rings. The molecule has 0 radical (unpaired) electrons. The van der Waals surface area contributed by atoms with Gasteiger partial charge >= 0.3 is 6.03 Å². The van der Waals surface area contributed by atoms with Gasteiger partial charge in [0.2, 0.25) is 0 Å². The number of likely N-dealkylation sites (tertiary alicyclic amines) is 1. The minimum atomic E-state index is -0.884. The second-order valence-electron chi connectivity index (χ2n) is 6.96. The summed E-state index contributed by atoms with van der Waals surface area (Å²) >= 11 is 1.57. The Balaban J connectivity index is 1.38. The van der Waals surface area contributed by atoms with Crippen molar-refractivity contribution in [2.24, 2.45) is 0 Å². The molecular formula is C19H20N4O4S. The van der Waals surface area contributed by atoms with Gasteiger partial charge in [0.25, 0.3) is 11.8 Å². The monoisotopic (exact) mass is 400 g/mol. The summed E-state index contributed by atoms with van der Waals surface area (Å²) < 4.78 is 5.76. The number of carbonyl (C=O) groups excluding carboxylic acids is 3. The van der Waals surface area contributed by atoms with Crippen LogP contribution in [0.1, 0.15) is 33.9 Å². The van der Waals surface area contributed by atoms with Crippen molar-refractivity contribution in [3.63, 3.8) is 0 Å². The normalized spacial score (nSPS) is 18.1. The van der Waals surface area contributed by atoms with Crippen molar-refractivity contribution >= 4 is 29.2 Å². The molecule has 0 saturated carbocycles. The topological polar surface area (TPSA) is 101 Å². The average molecular weight is 400 g/mol. The van der Waals surface area contributed by atoms with Gasteiger partial charge in [0, 0.05) is 24.0 Å². The first-order valence-electron chi connectivity index (χ1n) is 9.02. The lowest BCUT2D eigenvalue weighted by molar-refractivity contribution is -0.125. The second kappa shape index (κ2) is 7.23. The molecule has 4 amide bonds. The van der Waals surface area contributed by atoms with Crippen LogP contribution in [0.5, 0.6) is 5.75 Å². The van der Waals surface area contributed by atoms with E-state index in [0.29, 0.717) is 43.9 Å². The molecular weight excluding hydrogens is 380 g/mol. The molecule has 9 heteroatoms. The Morgan fingerprint density at radius 1 is 1.32 bits per heavy atom. The minimum Gasteiger partial charge on any atom is -0.487 e. The number of aryl methyl sites for hydroxylation is 1. The predicted molar refractivity (Wildman–Crippen MR) is 102 cm³/mol. The Morgan fingerprint density at radius 2 is 2.11 bits per heavy atom. The van der Waals surface area contributed by atoms with Gasteiger partial charge < -0.3 is 15.0 Å². The molecule has 2 aliphatic rings. The second-order valence-corrected chi connectivity index (χ2v) is 8.02. The van der Waals surface area contributed by atoms with Crippen LogP contribution in [0.4, 0.5) is 4.79 Å². The zero-order valence-electron chi connectivity index (χ0n) is 15.4. The van der Waals surface area contributed by atoms with Crippen molar-refractivity contribution in [2.75, 3.05) is 13.1 Å². The number of urea groups is 1. The Bertz CT molecular complexity index is 934. The van der Waals surface area contributed by atoms with E-state index in [0.717, 1.165) is 10.7 Å². The molecule has 2 N–H and O–H groups in total. The summed E-state index contributed by atoms with van der Waals surface area (Å²) in [5, 5.41) is 7.91. The number of benzene rings is 1. The largest absolute Gasteiger partial charge is 0.487 e. The molecule has 146 valence electrons. The standard InChI is InChI=1S/C19H20N4O4S/c1-12-20-14(11-28-12)10-27-15-4-2-3-13(9-15)16(24)23-7-5-19(6-8-23)17(25)21-18(26)22-19/h2-4,9,11H,5-8,10H2,1H3,(H2,21,22,25,26). The van der Waals surface area contributed by atoms with Crippen molar-refractivity contribution in [1.29, 1.82) is 0 Å². The van der Waals surface area contributed by atoms with E-state index in [1.807, 2.05) is 12.3 Å². The number of aromatic nitrogens is 1. The molecule has 0 bridgehead atoms. The van der Waals surface area contributed by atoms with Crippen molar-refractivity contribution < 1.29 is 19.1 Å². The number of ether oxygens (including phenoxy) is 1. The van der Waals surface area contributed by atoms with Crippen LogP contribution in [-0.2, 0) is 11.4 Å². The Kier molecular flexibility index (Phi) is 4.76. The smallest absolute Gasteiger partial charge is 0.322 e. The van der Waals surface area contributed by atoms with E-state index in [1.165, 1.54) is 0 Å². The van der Waals surface area contributed by atoms with E-state index in [1.54, 1.807) is 40.5 Å². The van der Waals surface area contributed by atoms with Crippen LogP contribution in [0.3, 0.4) is 0 Å². The predicted octanol–water partition coefficient (Wildman–Crippen LogP) is 1.84. The highest BCUT2D eigenvalue weighted by Crippen LogP contribution is 2.27. The van der Waals surface area contributed by atoms with Crippen molar-refractivity contribution in [2.45, 2.75) is 31.9 Å². The highest BCUT2D eigenvalue weighted by atomic mass is 32.1. The summed E-state index contributed by atoms with van der Waals surface area (Å²) in [4.78, 5) is 42.4. The summed E-state index contributed by atoms with van der Waals surface area (Å²) in [6.07, 6.45) is 0.797. The molecule has 28 heavy (non-hydrogen) atoms. The molecule has 1 aromatic carbocycles. The lowest BCUT2D eigenvalue weighted by Gasteiger charge is -2.37. The van der Waals surface area contributed by atoms with Crippen LogP contribution < -0.4 is 15.4 Å². The fourth-order valence-electron chi connectivity index (χ4n) is 3.50. The van der Waals surface area contributed by atoms with Gasteiger partial charge in [-0.1, -0.05) is 6.07 Å². The molecule has 3 heterocycles. The number of piperidine rings is 1. The lowest BCUT2D eigenvalue weighted by atomic mass is 9.87. The van der Waals surface area contributed by atoms with Gasteiger partial charge in [-0.05, 0) is 38.0 Å². The van der Waals surface area contributed by atoms with Gasteiger partial charge in [0.05, 0.1) is 10.7 Å². The van der Waals surface area contributed by atoms with Gasteiger partial charge in [0.15, 0.2) is 0 Å². The highest BCUT2D eigenvalue weighted by molar-refractivity contribution is 7.09. The molecule has 1 spiro atoms. The number of hydrogen-bond acceptors (Lipinski definition) is 6.